The van der Waals surface area contributed by atoms with Gasteiger partial charge in [0.25, 0.3) is 0 Å². The number of hydrogen-bond donors (Lipinski definition) is 2. The summed E-state index contributed by atoms with van der Waals surface area (Å²) in [5.74, 6) is 0.218. The molecule has 5 nitrogen and oxygen atoms in total. The molecule has 1 aliphatic heterocycles. The Morgan fingerprint density at radius 1 is 1.35 bits per heavy atom. The fraction of sp³-hybridized carbons (Fsp3) is 0.188. The summed E-state index contributed by atoms with van der Waals surface area (Å²) in [5.41, 5.74) is 2.39. The maximum atomic E-state index is 14.3. The lowest BCUT2D eigenvalue weighted by atomic mass is 10.1. The average molecular weight is 423 g/mol. The molecule has 0 saturated carbocycles. The second-order valence-electron chi connectivity index (χ2n) is 5.01. The minimum absolute atomic E-state index is 0.317. The summed E-state index contributed by atoms with van der Waals surface area (Å²) in [6.07, 6.45) is 5.61. The molecule has 118 valence electrons. The monoisotopic (exact) mass is 423 g/mol. The third kappa shape index (κ3) is 3.19. The highest BCUT2D eigenvalue weighted by atomic mass is 127. The van der Waals surface area contributed by atoms with Crippen molar-refractivity contribution in [2.75, 3.05) is 11.0 Å². The standard InChI is InChI=1S/C16H15FIN5/c17-13-5-2-1-4-12(13)16-21-14-9-20-22-15(14)11(8-19)10-23(16)7-3-6-18/h1-2,4-5,8-10,19H,3,6-7H2,(H,20,22). The molecule has 1 aliphatic rings. The molecule has 7 heteroatoms. The molecule has 0 fully saturated rings. The first-order chi connectivity index (χ1) is 11.2. The molecule has 0 radical (unpaired) electrons. The van der Waals surface area contributed by atoms with Crippen LogP contribution in [0.3, 0.4) is 0 Å². The molecule has 0 saturated heterocycles. The van der Waals surface area contributed by atoms with Crippen molar-refractivity contribution in [3.8, 4) is 0 Å². The maximum absolute atomic E-state index is 14.3. The van der Waals surface area contributed by atoms with Crippen LogP contribution in [0.1, 0.15) is 17.7 Å². The molecular formula is C16H15FIN5. The number of nitrogens with zero attached hydrogens (tertiary/aromatic N) is 3. The molecule has 1 aromatic carbocycles. The van der Waals surface area contributed by atoms with E-state index in [0.29, 0.717) is 34.9 Å². The summed E-state index contributed by atoms with van der Waals surface area (Å²) in [4.78, 5) is 6.52. The van der Waals surface area contributed by atoms with Crippen molar-refractivity contribution < 1.29 is 4.39 Å². The molecule has 0 aliphatic carbocycles. The Balaban J connectivity index is 2.15. The molecule has 0 spiro atoms. The minimum Gasteiger partial charge on any atom is -0.332 e. The van der Waals surface area contributed by atoms with Gasteiger partial charge in [-0.25, -0.2) is 9.38 Å². The molecule has 2 heterocycles. The number of aromatic amines is 1. The van der Waals surface area contributed by atoms with Crippen molar-refractivity contribution >= 4 is 45.9 Å². The van der Waals surface area contributed by atoms with Crippen molar-refractivity contribution in [2.24, 2.45) is 4.99 Å². The van der Waals surface area contributed by atoms with Crippen molar-refractivity contribution in [3.63, 3.8) is 0 Å². The zero-order valence-electron chi connectivity index (χ0n) is 12.3. The van der Waals surface area contributed by atoms with Gasteiger partial charge < -0.3 is 10.3 Å². The van der Waals surface area contributed by atoms with Crippen LogP contribution in [-0.4, -0.2) is 38.1 Å². The summed E-state index contributed by atoms with van der Waals surface area (Å²) in [6, 6.07) is 6.60. The van der Waals surface area contributed by atoms with Crippen LogP contribution in [0.25, 0.3) is 5.57 Å². The first-order valence-corrected chi connectivity index (χ1v) is 8.69. The van der Waals surface area contributed by atoms with Gasteiger partial charge in [-0.1, -0.05) is 34.7 Å². The summed E-state index contributed by atoms with van der Waals surface area (Å²) >= 11 is 2.31. The molecule has 0 amide bonds. The van der Waals surface area contributed by atoms with Gasteiger partial charge in [0.15, 0.2) is 0 Å². The lowest BCUT2D eigenvalue weighted by molar-refractivity contribution is 0.549. The fourth-order valence-electron chi connectivity index (χ4n) is 2.42. The van der Waals surface area contributed by atoms with Gasteiger partial charge in [0.05, 0.1) is 17.5 Å². The largest absolute Gasteiger partial charge is 0.332 e. The number of halogens is 2. The maximum Gasteiger partial charge on any atom is 0.143 e. The van der Waals surface area contributed by atoms with E-state index >= 15 is 0 Å². The number of allylic oxidation sites excluding steroid dienone is 1. The number of rotatable bonds is 5. The Kier molecular flexibility index (Phi) is 4.85. The fourth-order valence-corrected chi connectivity index (χ4v) is 2.76. The lowest BCUT2D eigenvalue weighted by Crippen LogP contribution is -2.28. The van der Waals surface area contributed by atoms with Gasteiger partial charge in [0, 0.05) is 29.0 Å². The highest BCUT2D eigenvalue weighted by molar-refractivity contribution is 14.1. The van der Waals surface area contributed by atoms with E-state index in [2.05, 4.69) is 37.8 Å². The minimum atomic E-state index is -0.317. The summed E-state index contributed by atoms with van der Waals surface area (Å²) in [7, 11) is 0. The van der Waals surface area contributed by atoms with Gasteiger partial charge in [-0.3, -0.25) is 5.10 Å². The van der Waals surface area contributed by atoms with Gasteiger partial charge in [0.1, 0.15) is 17.3 Å². The average Bonchev–Trinajstić information content (AvgIpc) is 2.97. The van der Waals surface area contributed by atoms with E-state index < -0.39 is 0 Å². The van der Waals surface area contributed by atoms with Gasteiger partial charge in [-0.05, 0) is 18.6 Å². The highest BCUT2D eigenvalue weighted by Gasteiger charge is 2.22. The van der Waals surface area contributed by atoms with Crippen molar-refractivity contribution in [1.82, 2.24) is 15.1 Å². The van der Waals surface area contributed by atoms with E-state index in [-0.39, 0.29) is 5.82 Å². The van der Waals surface area contributed by atoms with Crippen LogP contribution < -0.4 is 0 Å². The van der Waals surface area contributed by atoms with Crippen LogP contribution in [0.5, 0.6) is 0 Å². The first-order valence-electron chi connectivity index (χ1n) is 7.17. The van der Waals surface area contributed by atoms with Crippen molar-refractivity contribution in [3.05, 3.63) is 53.7 Å². The molecule has 0 unspecified atom stereocenters. The summed E-state index contributed by atoms with van der Waals surface area (Å²) < 4.78 is 15.3. The van der Waals surface area contributed by atoms with Crippen LogP contribution in [0.4, 0.5) is 10.1 Å². The highest BCUT2D eigenvalue weighted by Crippen LogP contribution is 2.29. The van der Waals surface area contributed by atoms with E-state index in [1.807, 2.05) is 11.1 Å². The van der Waals surface area contributed by atoms with Crippen LogP contribution >= 0.6 is 22.6 Å². The quantitative estimate of drug-likeness (QED) is 0.437. The molecule has 1 aromatic heterocycles. The first kappa shape index (κ1) is 15.9. The third-order valence-electron chi connectivity index (χ3n) is 3.50. The van der Waals surface area contributed by atoms with Crippen LogP contribution in [0, 0.1) is 11.2 Å². The van der Waals surface area contributed by atoms with E-state index in [0.717, 1.165) is 10.8 Å². The second kappa shape index (κ2) is 7.03. The molecule has 2 aromatic rings. The van der Waals surface area contributed by atoms with Crippen LogP contribution in [-0.2, 0) is 0 Å². The Hall–Kier alpha value is -2.03. The molecule has 23 heavy (non-hydrogen) atoms. The smallest absolute Gasteiger partial charge is 0.143 e. The number of hydrogen-bond acceptors (Lipinski definition) is 4. The topological polar surface area (TPSA) is 68.1 Å². The predicted octanol–water partition coefficient (Wildman–Crippen LogP) is 3.76. The van der Waals surface area contributed by atoms with E-state index in [9.17, 15) is 4.39 Å². The molecule has 0 bridgehead atoms. The second-order valence-corrected chi connectivity index (χ2v) is 6.09. The molecule has 3 rings (SSSR count). The molecule has 0 atom stereocenters. The Bertz CT molecular complexity index is 780. The SMILES string of the molecule is N=CC1=CN(CCCI)C(c2ccccc2F)=Nc2cn[nH]c21. The number of amidine groups is 1. The zero-order chi connectivity index (χ0) is 16.2. The Labute approximate surface area is 147 Å². The zero-order valence-corrected chi connectivity index (χ0v) is 14.4. The predicted molar refractivity (Wildman–Crippen MR) is 98.2 cm³/mol. The van der Waals surface area contributed by atoms with Crippen molar-refractivity contribution in [2.45, 2.75) is 6.42 Å². The lowest BCUT2D eigenvalue weighted by Gasteiger charge is -2.22. The molecule has 2 N–H and O–H groups in total. The normalized spacial score (nSPS) is 13.9. The number of aromatic nitrogens is 2. The number of H-pyrrole nitrogens is 1. The third-order valence-corrected chi connectivity index (χ3v) is 4.27. The van der Waals surface area contributed by atoms with E-state index in [1.54, 1.807) is 24.4 Å². The van der Waals surface area contributed by atoms with Crippen LogP contribution in [0.2, 0.25) is 0 Å². The number of nitrogens with one attached hydrogen (secondary N) is 2. The number of benzene rings is 1. The number of fused-ring (bicyclic) bond motifs is 1. The van der Waals surface area contributed by atoms with Gasteiger partial charge >= 0.3 is 0 Å². The molecular weight excluding hydrogens is 408 g/mol. The summed E-state index contributed by atoms with van der Waals surface area (Å²) in [5, 5.41) is 14.5. The number of aliphatic imine (C=N–C) groups is 1. The Morgan fingerprint density at radius 3 is 2.91 bits per heavy atom. The number of alkyl halides is 1. The van der Waals surface area contributed by atoms with E-state index in [1.165, 1.54) is 12.3 Å². The van der Waals surface area contributed by atoms with Gasteiger partial charge in [-0.2, -0.15) is 5.10 Å². The van der Waals surface area contributed by atoms with Crippen LogP contribution in [0.15, 0.2) is 41.7 Å². The van der Waals surface area contributed by atoms with Gasteiger partial charge in [0.2, 0.25) is 0 Å². The van der Waals surface area contributed by atoms with E-state index in [4.69, 9.17) is 5.41 Å². The summed E-state index contributed by atoms with van der Waals surface area (Å²) in [6.45, 7) is 0.700. The van der Waals surface area contributed by atoms with Gasteiger partial charge in [-0.15, -0.1) is 0 Å². The van der Waals surface area contributed by atoms with Crippen molar-refractivity contribution in [1.29, 1.82) is 5.41 Å². The Morgan fingerprint density at radius 2 is 2.17 bits per heavy atom.